The molecule has 8 N–H and O–H groups in total. The molecule has 0 aromatic carbocycles. The zero-order valence-electron chi connectivity index (χ0n) is 18.6. The Morgan fingerprint density at radius 1 is 0.417 bits per heavy atom. The largest absolute Gasteiger partial charge is 4.00 e. The molecule has 216 valence electrons. The molecule has 0 aromatic heterocycles. The predicted octanol–water partition coefficient (Wildman–Crippen LogP) is -4.56. The normalized spacial score (nSPS) is 23.8. The number of nitrogens with two attached hydrogens (primary N) is 4. The predicted molar refractivity (Wildman–Crippen MR) is 102 cm³/mol. The van der Waals surface area contributed by atoms with Gasteiger partial charge in [0, 0.05) is 0 Å². The molecule has 4 atom stereocenters. The molecule has 18 nitrogen and oxygen atoms in total. The van der Waals surface area contributed by atoms with Crippen LogP contribution in [0.25, 0.3) is 24.6 Å². The van der Waals surface area contributed by atoms with Crippen LogP contribution in [0.5, 0.6) is 0 Å². The number of hydrogen-bond acceptors (Lipinski definition) is 14. The summed E-state index contributed by atoms with van der Waals surface area (Å²) in [6.45, 7) is -2.54. The zero-order chi connectivity index (χ0) is 22.5. The molecule has 0 spiro atoms. The number of carbonyl (C=O) groups is 4. The maximum atomic E-state index is 11.1. The van der Waals surface area contributed by atoms with Crippen molar-refractivity contribution in [3.63, 3.8) is 0 Å². The van der Waals surface area contributed by atoms with E-state index in [9.17, 15) is 39.6 Å². The molecule has 1 saturated heterocycles. The van der Waals surface area contributed by atoms with Crippen LogP contribution in [0.2, 0.25) is 0 Å². The SMILES string of the molecule is O=C([O-])C1OCCOCCOC(C(=O)[O-])C(C(=O)[O-])OCCOCCOC1C(=O)[O-].[NH2-].[NH2-].[NH2-].[NH2-].[Pt+4].[Pt+4]. The summed E-state index contributed by atoms with van der Waals surface area (Å²) >= 11 is 0. The number of carbonyl (C=O) groups excluding carboxylic acids is 4. The third-order valence-corrected chi connectivity index (χ3v) is 3.58. The third-order valence-electron chi connectivity index (χ3n) is 3.58. The van der Waals surface area contributed by atoms with Gasteiger partial charge in [0.05, 0.1) is 76.7 Å². The van der Waals surface area contributed by atoms with Gasteiger partial charge in [-0.15, -0.1) is 0 Å². The van der Waals surface area contributed by atoms with Crippen molar-refractivity contribution in [2.75, 3.05) is 52.9 Å². The van der Waals surface area contributed by atoms with Crippen molar-refractivity contribution in [1.82, 2.24) is 0 Å². The van der Waals surface area contributed by atoms with Gasteiger partial charge in [0.1, 0.15) is 24.4 Å². The first-order valence-corrected chi connectivity index (χ1v) is 8.71. The Morgan fingerprint density at radius 2 is 0.583 bits per heavy atom. The van der Waals surface area contributed by atoms with Crippen LogP contribution in [-0.4, -0.2) is 101 Å². The Balaban J connectivity index is -0.000000375. The van der Waals surface area contributed by atoms with Crippen LogP contribution in [0, 0.1) is 0 Å². The summed E-state index contributed by atoms with van der Waals surface area (Å²) in [6.07, 6.45) is -7.93. The summed E-state index contributed by atoms with van der Waals surface area (Å²) in [6, 6.07) is 0. The molecule has 1 fully saturated rings. The molecule has 1 heterocycles. The van der Waals surface area contributed by atoms with Gasteiger partial charge >= 0.3 is 42.1 Å². The van der Waals surface area contributed by atoms with E-state index in [0.717, 1.165) is 0 Å². The molecule has 0 amide bonds. The Hall–Kier alpha value is -1.14. The molecular weight excluding hydrogens is 862 g/mol. The monoisotopic (exact) mass is 890 g/mol. The Bertz CT molecular complexity index is 509. The molecule has 1 rings (SSSR count). The van der Waals surface area contributed by atoms with Crippen LogP contribution in [0.3, 0.4) is 0 Å². The first-order valence-electron chi connectivity index (χ1n) is 8.71. The first kappa shape index (κ1) is 48.0. The van der Waals surface area contributed by atoms with E-state index in [0.29, 0.717) is 0 Å². The fourth-order valence-corrected chi connectivity index (χ4v) is 2.26. The average Bonchev–Trinajstić information content (AvgIpc) is 2.66. The minimum absolute atomic E-state index is 0. The quantitative estimate of drug-likeness (QED) is 0.257. The van der Waals surface area contributed by atoms with Gasteiger partial charge in [0.15, 0.2) is 0 Å². The number of carboxylic acid groups (broad SMARTS) is 4. The van der Waals surface area contributed by atoms with Crippen molar-refractivity contribution >= 4 is 23.9 Å². The summed E-state index contributed by atoms with van der Waals surface area (Å²) in [4.78, 5) is 44.6. The van der Waals surface area contributed by atoms with Crippen LogP contribution in [-0.2, 0) is 89.7 Å². The number of aliphatic carboxylic acids is 4. The van der Waals surface area contributed by atoms with E-state index in [2.05, 4.69) is 0 Å². The van der Waals surface area contributed by atoms with Gasteiger partial charge in [-0.25, -0.2) is 0 Å². The zero-order valence-corrected chi connectivity index (χ0v) is 23.2. The summed E-state index contributed by atoms with van der Waals surface area (Å²) in [5.74, 6) is -7.38. The Morgan fingerprint density at radius 3 is 0.722 bits per heavy atom. The average molecular weight is 891 g/mol. The molecule has 0 bridgehead atoms. The first-order chi connectivity index (χ1) is 14.3. The van der Waals surface area contributed by atoms with Crippen LogP contribution >= 0.6 is 0 Å². The molecule has 36 heavy (non-hydrogen) atoms. The van der Waals surface area contributed by atoms with Gasteiger partial charge in [-0.3, -0.25) is 0 Å². The van der Waals surface area contributed by atoms with Gasteiger partial charge < -0.3 is 92.6 Å². The van der Waals surface area contributed by atoms with Crippen LogP contribution in [0.4, 0.5) is 0 Å². The maximum Gasteiger partial charge on any atom is 4.00 e. The van der Waals surface area contributed by atoms with Gasteiger partial charge in [-0.2, -0.15) is 0 Å². The second-order valence-corrected chi connectivity index (χ2v) is 5.67. The van der Waals surface area contributed by atoms with E-state index in [1.807, 2.05) is 0 Å². The van der Waals surface area contributed by atoms with Gasteiger partial charge in [-0.1, -0.05) is 0 Å². The smallest absolute Gasteiger partial charge is 0.693 e. The fraction of sp³-hybridized carbons (Fsp3) is 0.750. The van der Waals surface area contributed by atoms with E-state index in [1.54, 1.807) is 0 Å². The van der Waals surface area contributed by atoms with E-state index in [4.69, 9.17) is 28.4 Å². The van der Waals surface area contributed by atoms with Crippen LogP contribution in [0.1, 0.15) is 0 Å². The second kappa shape index (κ2) is 26.9. The van der Waals surface area contributed by atoms with Gasteiger partial charge in [0.25, 0.3) is 0 Å². The van der Waals surface area contributed by atoms with Crippen molar-refractivity contribution in [2.24, 2.45) is 0 Å². The third kappa shape index (κ3) is 18.2. The number of rotatable bonds is 4. The fourth-order valence-electron chi connectivity index (χ4n) is 2.26. The molecule has 0 aliphatic carbocycles. The maximum absolute atomic E-state index is 11.1. The van der Waals surface area contributed by atoms with E-state index >= 15 is 0 Å². The minimum atomic E-state index is -1.98. The molecular formula is C16H28N4O14Pt2. The van der Waals surface area contributed by atoms with E-state index in [-0.39, 0.29) is 93.2 Å². The number of hydrogen-bond donors (Lipinski definition) is 0. The Kier molecular flexibility index (Phi) is 35.9. The standard InChI is InChI=1S/C16H24O14.4H2N.2Pt/c17-13(18)9-10(14(19)20)29-7-3-26-4-8-30-12(16(23)24)11(15(21)22)28-6-2-25-1-5-27-9;;;;;;/h9-12H,1-8H2,(H,17,18)(H,19,20)(H,21,22)(H,23,24);4*1H2;;/q;4*-1;2*+4/p-4. The van der Waals surface area contributed by atoms with Crippen molar-refractivity contribution in [1.29, 1.82) is 0 Å². The minimum Gasteiger partial charge on any atom is -0.693 e. The number of carboxylic acids is 4. The number of ether oxygens (including phenoxy) is 6. The van der Waals surface area contributed by atoms with Crippen LogP contribution in [0.15, 0.2) is 0 Å². The molecule has 20 heteroatoms. The molecule has 4 unspecified atom stereocenters. The van der Waals surface area contributed by atoms with Gasteiger partial charge in [-0.05, 0) is 0 Å². The van der Waals surface area contributed by atoms with Gasteiger partial charge in [0.2, 0.25) is 0 Å². The van der Waals surface area contributed by atoms with Crippen molar-refractivity contribution in [3.05, 3.63) is 24.6 Å². The summed E-state index contributed by atoms with van der Waals surface area (Å²) in [5.41, 5.74) is 0. The molecule has 0 saturated carbocycles. The summed E-state index contributed by atoms with van der Waals surface area (Å²) in [7, 11) is 0. The van der Waals surface area contributed by atoms with E-state index in [1.165, 1.54) is 0 Å². The van der Waals surface area contributed by atoms with Crippen LogP contribution < -0.4 is 20.4 Å². The van der Waals surface area contributed by atoms with Crippen molar-refractivity contribution < 1.29 is 110 Å². The second-order valence-electron chi connectivity index (χ2n) is 5.67. The molecule has 0 radical (unpaired) electrons. The Labute approximate surface area is 235 Å². The molecule has 1 aliphatic rings. The topological polar surface area (TPSA) is 350 Å². The van der Waals surface area contributed by atoms with Crippen molar-refractivity contribution in [2.45, 2.75) is 24.4 Å². The molecule has 0 aromatic rings. The van der Waals surface area contributed by atoms with Crippen molar-refractivity contribution in [3.8, 4) is 0 Å². The van der Waals surface area contributed by atoms with E-state index < -0.39 is 74.7 Å². The molecule has 1 aliphatic heterocycles. The summed E-state index contributed by atoms with van der Waals surface area (Å²) in [5, 5.41) is 44.6. The summed E-state index contributed by atoms with van der Waals surface area (Å²) < 4.78 is 29.7.